The van der Waals surface area contributed by atoms with E-state index in [0.29, 0.717) is 10.8 Å². The van der Waals surface area contributed by atoms with Crippen LogP contribution in [0.5, 0.6) is 5.75 Å². The first kappa shape index (κ1) is 17.2. The Morgan fingerprint density at radius 1 is 1.43 bits per heavy atom. The number of benzene rings is 1. The lowest BCUT2D eigenvalue weighted by Crippen LogP contribution is -2.52. The van der Waals surface area contributed by atoms with E-state index >= 15 is 0 Å². The minimum absolute atomic E-state index is 0.171. The van der Waals surface area contributed by atoms with Gasteiger partial charge in [0.1, 0.15) is 12.1 Å². The number of hydrogen-bond donors (Lipinski definition) is 1. The van der Waals surface area contributed by atoms with Crippen molar-refractivity contribution in [2.24, 2.45) is 16.3 Å². The van der Waals surface area contributed by atoms with Crippen LogP contribution >= 0.6 is 11.6 Å². The molecule has 0 fully saturated rings. The van der Waals surface area contributed by atoms with Gasteiger partial charge in [0.15, 0.2) is 0 Å². The second-order valence-corrected chi connectivity index (χ2v) is 5.87. The molecule has 0 radical (unpaired) electrons. The van der Waals surface area contributed by atoms with E-state index in [1.54, 1.807) is 45.0 Å². The lowest BCUT2D eigenvalue weighted by Gasteiger charge is -2.30. The van der Waals surface area contributed by atoms with E-state index in [-0.39, 0.29) is 5.78 Å². The first-order valence-electron chi connectivity index (χ1n) is 6.39. The van der Waals surface area contributed by atoms with Gasteiger partial charge in [0, 0.05) is 16.6 Å². The van der Waals surface area contributed by atoms with E-state index in [4.69, 9.17) is 22.2 Å². The maximum atomic E-state index is 12.5. The molecule has 1 atom stereocenters. The van der Waals surface area contributed by atoms with Crippen molar-refractivity contribution < 1.29 is 9.53 Å². The van der Waals surface area contributed by atoms with E-state index in [9.17, 15) is 4.79 Å². The van der Waals surface area contributed by atoms with Crippen molar-refractivity contribution in [1.29, 1.82) is 0 Å². The molecule has 21 heavy (non-hydrogen) atoms. The Morgan fingerprint density at radius 3 is 2.48 bits per heavy atom. The van der Waals surface area contributed by atoms with Crippen molar-refractivity contribution in [3.63, 3.8) is 0 Å². The highest BCUT2D eigenvalue weighted by atomic mass is 35.5. The fraction of sp³-hybridized carbons (Fsp3) is 0.333. The number of carbonyl (C=O) groups excluding carboxylic acids is 1. The minimum atomic E-state index is -0.991. The molecule has 0 spiro atoms. The number of halogens is 1. The number of nitrogens with zero attached hydrogens (tertiary/aromatic N) is 2. The zero-order chi connectivity index (χ0) is 16.0. The largest absolute Gasteiger partial charge is 0.462 e. The zero-order valence-corrected chi connectivity index (χ0v) is 13.2. The van der Waals surface area contributed by atoms with Crippen LogP contribution in [-0.4, -0.2) is 23.4 Å². The Morgan fingerprint density at radius 2 is 2.00 bits per heavy atom. The Bertz CT molecular complexity index is 521. The number of carbonyl (C=O) groups is 1. The summed E-state index contributed by atoms with van der Waals surface area (Å²) in [6, 6.07) is 6.69. The van der Waals surface area contributed by atoms with Gasteiger partial charge in [-0.05, 0) is 24.3 Å². The highest BCUT2D eigenvalue weighted by molar-refractivity contribution is 6.30. The third kappa shape index (κ3) is 5.21. The molecule has 1 aromatic rings. The lowest BCUT2D eigenvalue weighted by molar-refractivity contribution is -0.139. The quantitative estimate of drug-likeness (QED) is 0.288. The molecular formula is C15H20ClN3O2. The number of hydrazine groups is 1. The van der Waals surface area contributed by atoms with Gasteiger partial charge in [-0.25, -0.2) is 10.8 Å². The zero-order valence-electron chi connectivity index (χ0n) is 12.4. The molecule has 0 aliphatic rings. The van der Waals surface area contributed by atoms with Gasteiger partial charge in [0.05, 0.1) is 0 Å². The Labute approximate surface area is 130 Å². The van der Waals surface area contributed by atoms with Crippen LogP contribution < -0.4 is 10.6 Å². The number of hydrogen-bond acceptors (Lipinski definition) is 4. The number of aliphatic imine (C=N–C) groups is 1. The molecule has 0 bridgehead atoms. The van der Waals surface area contributed by atoms with E-state index in [1.165, 1.54) is 12.5 Å². The summed E-state index contributed by atoms with van der Waals surface area (Å²) in [5, 5.41) is 1.70. The normalized spacial score (nSPS) is 13.0. The molecule has 0 saturated heterocycles. The second-order valence-electron chi connectivity index (χ2n) is 5.43. The molecule has 0 aliphatic carbocycles. The van der Waals surface area contributed by atoms with Crippen molar-refractivity contribution in [3.05, 3.63) is 42.1 Å². The molecule has 0 amide bonds. The Hall–Kier alpha value is -1.85. The number of Topliss-reactive ketones (excluding diaryl/α,β-unsaturated/α-hetero) is 1. The highest BCUT2D eigenvalue weighted by Crippen LogP contribution is 2.22. The predicted octanol–water partition coefficient (Wildman–Crippen LogP) is 3.01. The van der Waals surface area contributed by atoms with Crippen LogP contribution in [0.3, 0.4) is 0 Å². The number of nitrogens with two attached hydrogens (primary N) is 1. The molecule has 6 heteroatoms. The summed E-state index contributed by atoms with van der Waals surface area (Å²) in [5.41, 5.74) is -0.614. The fourth-order valence-electron chi connectivity index (χ4n) is 1.45. The maximum Gasteiger partial charge on any atom is 0.246 e. The van der Waals surface area contributed by atoms with Gasteiger partial charge in [0.2, 0.25) is 12.0 Å². The summed E-state index contributed by atoms with van der Waals surface area (Å²) < 4.78 is 5.68. The van der Waals surface area contributed by atoms with Gasteiger partial charge in [-0.1, -0.05) is 39.0 Å². The van der Waals surface area contributed by atoms with Crippen molar-refractivity contribution in [1.82, 2.24) is 5.01 Å². The first-order chi connectivity index (χ1) is 9.75. The fourth-order valence-corrected chi connectivity index (χ4v) is 1.57. The van der Waals surface area contributed by atoms with Crippen LogP contribution in [-0.2, 0) is 4.79 Å². The van der Waals surface area contributed by atoms with Crippen LogP contribution in [0.25, 0.3) is 0 Å². The average Bonchev–Trinajstić information content (AvgIpc) is 2.42. The summed E-state index contributed by atoms with van der Waals surface area (Å²) in [4.78, 5) is 16.3. The van der Waals surface area contributed by atoms with Crippen molar-refractivity contribution in [2.45, 2.75) is 27.0 Å². The highest BCUT2D eigenvalue weighted by Gasteiger charge is 2.34. The summed E-state index contributed by atoms with van der Waals surface area (Å²) in [7, 11) is 0. The van der Waals surface area contributed by atoms with Crippen LogP contribution in [0.4, 0.5) is 0 Å². The molecule has 5 nitrogen and oxygen atoms in total. The van der Waals surface area contributed by atoms with Gasteiger partial charge in [-0.15, -0.1) is 0 Å². The monoisotopic (exact) mass is 309 g/mol. The average molecular weight is 310 g/mol. The summed E-state index contributed by atoms with van der Waals surface area (Å²) in [6.07, 6.45) is 1.62. The van der Waals surface area contributed by atoms with E-state index in [2.05, 4.69) is 11.6 Å². The molecule has 2 N–H and O–H groups in total. The van der Waals surface area contributed by atoms with Crippen molar-refractivity contribution in [3.8, 4) is 5.75 Å². The van der Waals surface area contributed by atoms with E-state index in [0.717, 1.165) is 5.01 Å². The second kappa shape index (κ2) is 7.24. The van der Waals surface area contributed by atoms with Gasteiger partial charge in [-0.2, -0.15) is 0 Å². The molecule has 1 rings (SSSR count). The molecule has 0 aliphatic heterocycles. The SMILES string of the molecule is C=C/N=C\N(N)C(Oc1ccc(Cl)cc1)C(=O)C(C)(C)C. The standard InChI is InChI=1S/C15H20ClN3O2/c1-5-18-10-19(17)14(13(20)15(2,3)4)21-12-8-6-11(16)7-9-12/h5-10,14H,1,17H2,2-4H3/b18-10-. The van der Waals surface area contributed by atoms with Gasteiger partial charge < -0.3 is 4.74 Å². The van der Waals surface area contributed by atoms with Crippen LogP contribution in [0.2, 0.25) is 5.02 Å². The third-order valence-electron chi connectivity index (χ3n) is 2.60. The van der Waals surface area contributed by atoms with E-state index in [1.807, 2.05) is 0 Å². The van der Waals surface area contributed by atoms with Crippen molar-refractivity contribution >= 4 is 23.7 Å². The van der Waals surface area contributed by atoms with Gasteiger partial charge >= 0.3 is 0 Å². The third-order valence-corrected chi connectivity index (χ3v) is 2.85. The maximum absolute atomic E-state index is 12.5. The summed E-state index contributed by atoms with van der Waals surface area (Å²) in [6.45, 7) is 8.85. The topological polar surface area (TPSA) is 67.9 Å². The molecule has 0 aromatic heterocycles. The van der Waals surface area contributed by atoms with Crippen molar-refractivity contribution in [2.75, 3.05) is 0 Å². The Kier molecular flexibility index (Phi) is 5.93. The number of ketones is 1. The van der Waals surface area contributed by atoms with E-state index < -0.39 is 11.6 Å². The molecule has 1 aromatic carbocycles. The minimum Gasteiger partial charge on any atom is -0.462 e. The van der Waals surface area contributed by atoms with Gasteiger partial charge in [-0.3, -0.25) is 9.80 Å². The van der Waals surface area contributed by atoms with Crippen LogP contribution in [0.1, 0.15) is 20.8 Å². The molecular weight excluding hydrogens is 290 g/mol. The summed E-state index contributed by atoms with van der Waals surface area (Å²) in [5.74, 6) is 6.16. The number of rotatable bonds is 6. The predicted molar refractivity (Wildman–Crippen MR) is 85.0 cm³/mol. The van der Waals surface area contributed by atoms with Gasteiger partial charge in [0.25, 0.3) is 0 Å². The molecule has 114 valence electrons. The molecule has 1 unspecified atom stereocenters. The first-order valence-corrected chi connectivity index (χ1v) is 6.77. The number of ether oxygens (including phenoxy) is 1. The summed E-state index contributed by atoms with van der Waals surface area (Å²) >= 11 is 5.82. The Balaban J connectivity index is 3.01. The molecule has 0 heterocycles. The smallest absolute Gasteiger partial charge is 0.246 e. The van der Waals surface area contributed by atoms with Crippen LogP contribution in [0.15, 0.2) is 42.0 Å². The molecule has 0 saturated carbocycles. The lowest BCUT2D eigenvalue weighted by atomic mass is 9.89. The van der Waals surface area contributed by atoms with Crippen LogP contribution in [0, 0.1) is 5.41 Å².